The highest BCUT2D eigenvalue weighted by molar-refractivity contribution is 5.99. The molecule has 2 aromatic heterocycles. The first-order valence-corrected chi connectivity index (χ1v) is 8.78. The molecule has 3 heterocycles. The molecule has 1 aliphatic heterocycles. The average molecular weight is 348 g/mol. The molecule has 4 rings (SSSR count). The molecule has 1 saturated heterocycles. The molecule has 2 amide bonds. The molecule has 1 atom stereocenters. The summed E-state index contributed by atoms with van der Waals surface area (Å²) in [7, 11) is 0. The number of benzene rings is 1. The van der Waals surface area contributed by atoms with E-state index in [0.29, 0.717) is 18.8 Å². The van der Waals surface area contributed by atoms with Crippen molar-refractivity contribution in [2.24, 2.45) is 5.92 Å². The largest absolute Gasteiger partial charge is 0.351 e. The van der Waals surface area contributed by atoms with Crippen LogP contribution >= 0.6 is 0 Å². The fourth-order valence-corrected chi connectivity index (χ4v) is 3.41. The standard InChI is InChI=1S/C20H20N4O2/c25-19(22-16-7-9-21-10-8-16)15-5-3-11-24(13-15)20(26)18-12-14-4-1-2-6-17(14)23-18/h1-2,4,6-10,12,15,23H,3,5,11,13H2,(H,21,22,25)/t15-/m0/s1. The van der Waals surface area contributed by atoms with Crippen molar-refractivity contribution in [1.82, 2.24) is 14.9 Å². The van der Waals surface area contributed by atoms with E-state index in [9.17, 15) is 9.59 Å². The summed E-state index contributed by atoms with van der Waals surface area (Å²) in [6, 6.07) is 13.2. The molecule has 0 saturated carbocycles. The zero-order valence-electron chi connectivity index (χ0n) is 14.3. The number of piperidine rings is 1. The summed E-state index contributed by atoms with van der Waals surface area (Å²) in [5, 5.41) is 3.92. The maximum Gasteiger partial charge on any atom is 0.270 e. The van der Waals surface area contributed by atoms with Gasteiger partial charge in [-0.2, -0.15) is 0 Å². The SMILES string of the molecule is O=C(Nc1ccncc1)[C@H]1CCCN(C(=O)c2cc3ccccc3[nH]2)C1. The number of anilines is 1. The number of likely N-dealkylation sites (tertiary alicyclic amines) is 1. The Balaban J connectivity index is 1.45. The van der Waals surface area contributed by atoms with Crippen LogP contribution in [0.1, 0.15) is 23.3 Å². The van der Waals surface area contributed by atoms with Crippen molar-refractivity contribution in [2.75, 3.05) is 18.4 Å². The van der Waals surface area contributed by atoms with Crippen molar-refractivity contribution in [3.05, 3.63) is 60.6 Å². The van der Waals surface area contributed by atoms with Crippen molar-refractivity contribution in [3.63, 3.8) is 0 Å². The Kier molecular flexibility index (Phi) is 4.39. The van der Waals surface area contributed by atoms with Gasteiger partial charge in [-0.05, 0) is 37.1 Å². The van der Waals surface area contributed by atoms with Crippen LogP contribution in [0.25, 0.3) is 10.9 Å². The topological polar surface area (TPSA) is 78.1 Å². The Morgan fingerprint density at radius 3 is 2.77 bits per heavy atom. The third-order valence-corrected chi connectivity index (χ3v) is 4.79. The van der Waals surface area contributed by atoms with E-state index in [4.69, 9.17) is 0 Å². The molecule has 0 radical (unpaired) electrons. The van der Waals surface area contributed by atoms with Gasteiger partial charge in [-0.25, -0.2) is 0 Å². The van der Waals surface area contributed by atoms with Crippen molar-refractivity contribution in [3.8, 4) is 0 Å². The average Bonchev–Trinajstić information content (AvgIpc) is 3.12. The van der Waals surface area contributed by atoms with Crippen LogP contribution in [-0.4, -0.2) is 39.8 Å². The van der Waals surface area contributed by atoms with E-state index in [1.807, 2.05) is 30.3 Å². The predicted molar refractivity (Wildman–Crippen MR) is 99.8 cm³/mol. The van der Waals surface area contributed by atoms with Crippen LogP contribution in [0.2, 0.25) is 0 Å². The van der Waals surface area contributed by atoms with Gasteiger partial charge in [0.2, 0.25) is 5.91 Å². The zero-order valence-corrected chi connectivity index (χ0v) is 14.3. The normalized spacial score (nSPS) is 17.2. The molecule has 3 aromatic rings. The molecule has 1 aromatic carbocycles. The molecule has 0 unspecified atom stereocenters. The van der Waals surface area contributed by atoms with Crippen molar-refractivity contribution in [1.29, 1.82) is 0 Å². The number of aromatic amines is 1. The van der Waals surface area contributed by atoms with Crippen LogP contribution < -0.4 is 5.32 Å². The lowest BCUT2D eigenvalue weighted by Crippen LogP contribution is -2.43. The number of H-pyrrole nitrogens is 1. The maximum absolute atomic E-state index is 12.9. The van der Waals surface area contributed by atoms with E-state index >= 15 is 0 Å². The van der Waals surface area contributed by atoms with Gasteiger partial charge in [0.15, 0.2) is 0 Å². The molecule has 1 aliphatic rings. The summed E-state index contributed by atoms with van der Waals surface area (Å²) < 4.78 is 0. The van der Waals surface area contributed by atoms with Gasteiger partial charge < -0.3 is 15.2 Å². The van der Waals surface area contributed by atoms with Crippen LogP contribution in [0.3, 0.4) is 0 Å². The third-order valence-electron chi connectivity index (χ3n) is 4.79. The van der Waals surface area contributed by atoms with Crippen LogP contribution in [0.4, 0.5) is 5.69 Å². The highest BCUT2D eigenvalue weighted by Crippen LogP contribution is 2.22. The van der Waals surface area contributed by atoms with Crippen LogP contribution in [-0.2, 0) is 4.79 Å². The lowest BCUT2D eigenvalue weighted by atomic mass is 9.96. The zero-order chi connectivity index (χ0) is 17.9. The molecule has 0 spiro atoms. The van der Waals surface area contributed by atoms with Gasteiger partial charge in [0.05, 0.1) is 5.92 Å². The number of rotatable bonds is 3. The first-order valence-electron chi connectivity index (χ1n) is 8.78. The number of aromatic nitrogens is 2. The second kappa shape index (κ2) is 7.00. The van der Waals surface area contributed by atoms with Gasteiger partial charge in [-0.15, -0.1) is 0 Å². The molecule has 6 nitrogen and oxygen atoms in total. The fourth-order valence-electron chi connectivity index (χ4n) is 3.41. The smallest absolute Gasteiger partial charge is 0.270 e. The van der Waals surface area contributed by atoms with Crippen molar-refractivity contribution >= 4 is 28.4 Å². The van der Waals surface area contributed by atoms with Gasteiger partial charge in [-0.3, -0.25) is 14.6 Å². The van der Waals surface area contributed by atoms with Crippen molar-refractivity contribution < 1.29 is 9.59 Å². The van der Waals surface area contributed by atoms with E-state index in [2.05, 4.69) is 15.3 Å². The van der Waals surface area contributed by atoms with E-state index < -0.39 is 0 Å². The molecule has 26 heavy (non-hydrogen) atoms. The monoisotopic (exact) mass is 348 g/mol. The van der Waals surface area contributed by atoms with E-state index in [0.717, 1.165) is 29.4 Å². The van der Waals surface area contributed by atoms with Gasteiger partial charge in [0.1, 0.15) is 5.69 Å². The minimum Gasteiger partial charge on any atom is -0.351 e. The van der Waals surface area contributed by atoms with Crippen LogP contribution in [0.5, 0.6) is 0 Å². The summed E-state index contributed by atoms with van der Waals surface area (Å²) in [6.07, 6.45) is 4.89. The maximum atomic E-state index is 12.9. The first kappa shape index (κ1) is 16.3. The van der Waals surface area contributed by atoms with Gasteiger partial charge >= 0.3 is 0 Å². The first-order chi connectivity index (χ1) is 12.7. The quantitative estimate of drug-likeness (QED) is 0.764. The Morgan fingerprint density at radius 1 is 1.15 bits per heavy atom. The minimum absolute atomic E-state index is 0.0506. The number of amides is 2. The van der Waals surface area contributed by atoms with Crippen LogP contribution in [0, 0.1) is 5.92 Å². The fraction of sp³-hybridized carbons (Fsp3) is 0.250. The molecule has 6 heteroatoms. The summed E-state index contributed by atoms with van der Waals surface area (Å²) in [4.78, 5) is 34.3. The Morgan fingerprint density at radius 2 is 1.96 bits per heavy atom. The summed E-state index contributed by atoms with van der Waals surface area (Å²) >= 11 is 0. The molecule has 0 bridgehead atoms. The molecule has 1 fully saturated rings. The molecule has 0 aliphatic carbocycles. The van der Waals surface area contributed by atoms with E-state index in [1.165, 1.54) is 0 Å². The highest BCUT2D eigenvalue weighted by Gasteiger charge is 2.29. The number of nitrogens with one attached hydrogen (secondary N) is 2. The van der Waals surface area contributed by atoms with Crippen molar-refractivity contribution in [2.45, 2.75) is 12.8 Å². The van der Waals surface area contributed by atoms with Gasteiger partial charge in [-0.1, -0.05) is 18.2 Å². The predicted octanol–water partition coefficient (Wildman–Crippen LogP) is 3.05. The number of nitrogens with zero attached hydrogens (tertiary/aromatic N) is 2. The summed E-state index contributed by atoms with van der Waals surface area (Å²) in [5.74, 6) is -0.307. The molecular weight excluding hydrogens is 328 g/mol. The number of carbonyl (C=O) groups excluding carboxylic acids is 2. The van der Waals surface area contributed by atoms with Crippen LogP contribution in [0.15, 0.2) is 54.9 Å². The minimum atomic E-state index is -0.203. The Labute approximate surface area is 151 Å². The van der Waals surface area contributed by atoms with E-state index in [-0.39, 0.29) is 17.7 Å². The number of hydrogen-bond acceptors (Lipinski definition) is 3. The third kappa shape index (κ3) is 3.31. The molecular formula is C20H20N4O2. The number of pyridine rings is 1. The number of carbonyl (C=O) groups is 2. The van der Waals surface area contributed by atoms with Gasteiger partial charge in [0, 0.05) is 42.1 Å². The summed E-state index contributed by atoms with van der Waals surface area (Å²) in [6.45, 7) is 1.11. The summed E-state index contributed by atoms with van der Waals surface area (Å²) in [5.41, 5.74) is 2.24. The second-order valence-corrected chi connectivity index (χ2v) is 6.59. The van der Waals surface area contributed by atoms with Gasteiger partial charge in [0.25, 0.3) is 5.91 Å². The number of para-hydroxylation sites is 1. The molecule has 2 N–H and O–H groups in total. The Bertz CT molecular complexity index is 902. The second-order valence-electron chi connectivity index (χ2n) is 6.59. The number of hydrogen-bond donors (Lipinski definition) is 2. The van der Waals surface area contributed by atoms with E-state index in [1.54, 1.807) is 29.4 Å². The molecule has 132 valence electrons. The highest BCUT2D eigenvalue weighted by atomic mass is 16.2. The Hall–Kier alpha value is -3.15. The number of fused-ring (bicyclic) bond motifs is 1. The lowest BCUT2D eigenvalue weighted by Gasteiger charge is -2.31. The lowest BCUT2D eigenvalue weighted by molar-refractivity contribution is -0.121.